The number of ether oxygens (including phenoxy) is 3. The van der Waals surface area contributed by atoms with Gasteiger partial charge in [-0.3, -0.25) is 4.79 Å². The van der Waals surface area contributed by atoms with E-state index >= 15 is 0 Å². The van der Waals surface area contributed by atoms with Gasteiger partial charge >= 0.3 is 0 Å². The van der Waals surface area contributed by atoms with Gasteiger partial charge in [0.2, 0.25) is 11.7 Å². The lowest BCUT2D eigenvalue weighted by molar-refractivity contribution is -0.124. The predicted molar refractivity (Wildman–Crippen MR) is 83.4 cm³/mol. The lowest BCUT2D eigenvalue weighted by atomic mass is 10.1. The predicted octanol–water partition coefficient (Wildman–Crippen LogP) is 1.35. The van der Waals surface area contributed by atoms with Crippen LogP contribution in [0.5, 0.6) is 17.2 Å². The molecule has 0 aliphatic rings. The summed E-state index contributed by atoms with van der Waals surface area (Å²) in [5.74, 6) is 1.32. The molecule has 1 aromatic rings. The first-order chi connectivity index (χ1) is 9.58. The number of rotatable bonds is 7. The smallest absolute Gasteiger partial charge is 0.224 e. The van der Waals surface area contributed by atoms with E-state index in [1.807, 2.05) is 6.07 Å². The Kier molecular flexibility index (Phi) is 8.57. The van der Waals surface area contributed by atoms with Crippen molar-refractivity contribution in [3.63, 3.8) is 0 Å². The van der Waals surface area contributed by atoms with Crippen LogP contribution in [0.4, 0.5) is 0 Å². The molecule has 0 aliphatic carbocycles. The number of halogens is 1. The van der Waals surface area contributed by atoms with E-state index in [1.165, 1.54) is 0 Å². The van der Waals surface area contributed by atoms with E-state index in [0.717, 1.165) is 5.56 Å². The molecule has 7 heteroatoms. The molecule has 120 valence electrons. The number of carbonyl (C=O) groups is 1. The van der Waals surface area contributed by atoms with E-state index in [9.17, 15) is 4.79 Å². The van der Waals surface area contributed by atoms with Gasteiger partial charge in [-0.2, -0.15) is 0 Å². The Morgan fingerprint density at radius 2 is 1.81 bits per heavy atom. The topological polar surface area (TPSA) is 82.8 Å². The minimum absolute atomic E-state index is 0. The normalized spacial score (nSPS) is 11.1. The largest absolute Gasteiger partial charge is 0.493 e. The summed E-state index contributed by atoms with van der Waals surface area (Å²) in [6, 6.07) is 3.60. The van der Waals surface area contributed by atoms with E-state index in [2.05, 4.69) is 5.32 Å². The molecule has 1 atom stereocenters. The quantitative estimate of drug-likeness (QED) is 0.793. The van der Waals surface area contributed by atoms with Gasteiger partial charge in [-0.05, 0) is 12.1 Å². The van der Waals surface area contributed by atoms with Crippen molar-refractivity contribution in [3.8, 4) is 17.2 Å². The highest BCUT2D eigenvalue weighted by Crippen LogP contribution is 2.39. The third kappa shape index (κ3) is 4.68. The number of hydrogen-bond acceptors (Lipinski definition) is 5. The lowest BCUT2D eigenvalue weighted by Crippen LogP contribution is -2.32. The molecular weight excluding hydrogens is 296 g/mol. The van der Waals surface area contributed by atoms with Crippen molar-refractivity contribution >= 4 is 18.3 Å². The number of methoxy groups -OCH3 is 3. The number of benzene rings is 1. The van der Waals surface area contributed by atoms with Crippen molar-refractivity contribution in [2.24, 2.45) is 11.7 Å². The minimum Gasteiger partial charge on any atom is -0.493 e. The SMILES string of the molecule is COc1ccc(CNC(=O)C(C)CN)c(OC)c1OC.Cl. The lowest BCUT2D eigenvalue weighted by Gasteiger charge is -2.16. The monoisotopic (exact) mass is 318 g/mol. The molecule has 1 aromatic carbocycles. The van der Waals surface area contributed by atoms with Crippen LogP contribution in [-0.2, 0) is 11.3 Å². The fourth-order valence-corrected chi connectivity index (χ4v) is 1.77. The highest BCUT2D eigenvalue weighted by Gasteiger charge is 2.17. The maximum absolute atomic E-state index is 11.7. The standard InChI is InChI=1S/C14H22N2O4.ClH/c1-9(7-15)14(17)16-8-10-5-6-11(18-2)13(20-4)12(10)19-3;/h5-6,9H,7-8,15H2,1-4H3,(H,16,17);1H. The van der Waals surface area contributed by atoms with E-state index < -0.39 is 0 Å². The Labute approximate surface area is 131 Å². The average Bonchev–Trinajstić information content (AvgIpc) is 2.50. The van der Waals surface area contributed by atoms with Gasteiger partial charge in [0.1, 0.15) is 0 Å². The Morgan fingerprint density at radius 1 is 1.19 bits per heavy atom. The van der Waals surface area contributed by atoms with Crippen LogP contribution in [0.25, 0.3) is 0 Å². The fourth-order valence-electron chi connectivity index (χ4n) is 1.77. The van der Waals surface area contributed by atoms with Gasteiger partial charge in [0, 0.05) is 24.6 Å². The number of carbonyl (C=O) groups excluding carboxylic acids is 1. The molecule has 0 aromatic heterocycles. The molecule has 0 aliphatic heterocycles. The van der Waals surface area contributed by atoms with Crippen molar-refractivity contribution in [1.82, 2.24) is 5.32 Å². The zero-order chi connectivity index (χ0) is 15.1. The van der Waals surface area contributed by atoms with Crippen LogP contribution in [-0.4, -0.2) is 33.8 Å². The van der Waals surface area contributed by atoms with Crippen molar-refractivity contribution in [2.45, 2.75) is 13.5 Å². The summed E-state index contributed by atoms with van der Waals surface area (Å²) in [4.78, 5) is 11.7. The maximum Gasteiger partial charge on any atom is 0.224 e. The Morgan fingerprint density at radius 3 is 2.29 bits per heavy atom. The first-order valence-electron chi connectivity index (χ1n) is 6.34. The molecular formula is C14H23ClN2O4. The second-order valence-electron chi connectivity index (χ2n) is 4.35. The summed E-state index contributed by atoms with van der Waals surface area (Å²) >= 11 is 0. The summed E-state index contributed by atoms with van der Waals surface area (Å²) in [7, 11) is 4.64. The second-order valence-corrected chi connectivity index (χ2v) is 4.35. The second kappa shape index (κ2) is 9.31. The molecule has 21 heavy (non-hydrogen) atoms. The molecule has 0 saturated heterocycles. The van der Waals surface area contributed by atoms with Crippen molar-refractivity contribution in [1.29, 1.82) is 0 Å². The summed E-state index contributed by atoms with van der Waals surface area (Å²) in [5.41, 5.74) is 6.27. The van der Waals surface area contributed by atoms with Crippen molar-refractivity contribution in [3.05, 3.63) is 17.7 Å². The molecule has 0 spiro atoms. The van der Waals surface area contributed by atoms with Gasteiger partial charge in [0.15, 0.2) is 11.5 Å². The first-order valence-corrected chi connectivity index (χ1v) is 6.34. The third-order valence-electron chi connectivity index (χ3n) is 3.04. The summed E-state index contributed by atoms with van der Waals surface area (Å²) in [6.07, 6.45) is 0. The van der Waals surface area contributed by atoms with E-state index in [4.69, 9.17) is 19.9 Å². The van der Waals surface area contributed by atoms with Crippen molar-refractivity contribution in [2.75, 3.05) is 27.9 Å². The third-order valence-corrected chi connectivity index (χ3v) is 3.04. The molecule has 3 N–H and O–H groups in total. The number of nitrogens with one attached hydrogen (secondary N) is 1. The molecule has 0 saturated carbocycles. The fraction of sp³-hybridized carbons (Fsp3) is 0.500. The van der Waals surface area contributed by atoms with Crippen LogP contribution in [0.15, 0.2) is 12.1 Å². The van der Waals surface area contributed by atoms with Crippen LogP contribution in [0.3, 0.4) is 0 Å². The molecule has 0 heterocycles. The zero-order valence-electron chi connectivity index (χ0n) is 12.8. The van der Waals surface area contributed by atoms with E-state index in [0.29, 0.717) is 30.3 Å². The van der Waals surface area contributed by atoms with Crippen LogP contribution in [0.2, 0.25) is 0 Å². The van der Waals surface area contributed by atoms with Gasteiger partial charge in [0.25, 0.3) is 0 Å². The van der Waals surface area contributed by atoms with Gasteiger partial charge in [-0.25, -0.2) is 0 Å². The Hall–Kier alpha value is -1.66. The minimum atomic E-state index is -0.221. The first kappa shape index (κ1) is 19.3. The molecule has 0 bridgehead atoms. The molecule has 0 radical (unpaired) electrons. The number of hydrogen-bond donors (Lipinski definition) is 2. The highest BCUT2D eigenvalue weighted by molar-refractivity contribution is 5.85. The van der Waals surface area contributed by atoms with E-state index in [-0.39, 0.29) is 24.2 Å². The highest BCUT2D eigenvalue weighted by atomic mass is 35.5. The molecule has 1 rings (SSSR count). The molecule has 1 amide bonds. The number of nitrogens with two attached hydrogens (primary N) is 1. The van der Waals surface area contributed by atoms with Gasteiger partial charge in [-0.15, -0.1) is 12.4 Å². The van der Waals surface area contributed by atoms with Crippen LogP contribution in [0, 0.1) is 5.92 Å². The van der Waals surface area contributed by atoms with Gasteiger partial charge in [0.05, 0.1) is 21.3 Å². The average molecular weight is 319 g/mol. The maximum atomic E-state index is 11.7. The molecule has 6 nitrogen and oxygen atoms in total. The zero-order valence-corrected chi connectivity index (χ0v) is 13.6. The van der Waals surface area contributed by atoms with Gasteiger partial charge in [-0.1, -0.05) is 6.92 Å². The van der Waals surface area contributed by atoms with E-state index in [1.54, 1.807) is 34.3 Å². The number of amides is 1. The Bertz CT molecular complexity index is 469. The molecule has 1 unspecified atom stereocenters. The Balaban J connectivity index is 0.00000400. The van der Waals surface area contributed by atoms with Crippen LogP contribution in [0.1, 0.15) is 12.5 Å². The van der Waals surface area contributed by atoms with Crippen LogP contribution < -0.4 is 25.3 Å². The summed E-state index contributed by atoms with van der Waals surface area (Å²) < 4.78 is 15.8. The summed E-state index contributed by atoms with van der Waals surface area (Å²) in [6.45, 7) is 2.43. The van der Waals surface area contributed by atoms with Crippen molar-refractivity contribution < 1.29 is 19.0 Å². The molecule has 0 fully saturated rings. The summed E-state index contributed by atoms with van der Waals surface area (Å²) in [5, 5.41) is 2.82. The van der Waals surface area contributed by atoms with Gasteiger partial charge < -0.3 is 25.3 Å². The van der Waals surface area contributed by atoms with Crippen LogP contribution >= 0.6 is 12.4 Å².